The Morgan fingerprint density at radius 2 is 2.21 bits per heavy atom. The van der Waals surface area contributed by atoms with Gasteiger partial charge in [0.15, 0.2) is 0 Å². The SMILES string of the molecule is CC(C)(C)OC(=O)NC(Cc1scnc1Cl)C(=O)O. The number of nitrogens with one attached hydrogen (secondary N) is 1. The summed E-state index contributed by atoms with van der Waals surface area (Å²) in [7, 11) is 0. The number of aliphatic carboxylic acids is 1. The fourth-order valence-corrected chi connectivity index (χ4v) is 2.24. The molecule has 0 aliphatic rings. The van der Waals surface area contributed by atoms with E-state index in [4.69, 9.17) is 21.4 Å². The molecule has 106 valence electrons. The van der Waals surface area contributed by atoms with Gasteiger partial charge in [-0.2, -0.15) is 0 Å². The van der Waals surface area contributed by atoms with Crippen LogP contribution in [0.25, 0.3) is 0 Å². The van der Waals surface area contributed by atoms with Crippen LogP contribution in [0.4, 0.5) is 4.79 Å². The van der Waals surface area contributed by atoms with E-state index in [1.54, 1.807) is 20.8 Å². The summed E-state index contributed by atoms with van der Waals surface area (Å²) in [5, 5.41) is 11.6. The Labute approximate surface area is 119 Å². The van der Waals surface area contributed by atoms with Gasteiger partial charge in [0.2, 0.25) is 0 Å². The van der Waals surface area contributed by atoms with E-state index in [0.717, 1.165) is 0 Å². The van der Waals surface area contributed by atoms with E-state index < -0.39 is 23.7 Å². The molecule has 1 rings (SSSR count). The average Bonchev–Trinajstić information content (AvgIpc) is 2.60. The summed E-state index contributed by atoms with van der Waals surface area (Å²) >= 11 is 7.03. The largest absolute Gasteiger partial charge is 0.480 e. The highest BCUT2D eigenvalue weighted by atomic mass is 35.5. The molecule has 1 aromatic rings. The Morgan fingerprint density at radius 3 is 2.63 bits per heavy atom. The molecule has 1 atom stereocenters. The number of carboxylic acids is 1. The van der Waals surface area contributed by atoms with Crippen LogP contribution >= 0.6 is 22.9 Å². The molecule has 8 heteroatoms. The Balaban J connectivity index is 2.67. The van der Waals surface area contributed by atoms with Crippen LogP contribution in [-0.2, 0) is 16.0 Å². The van der Waals surface area contributed by atoms with Crippen LogP contribution in [0.15, 0.2) is 5.51 Å². The van der Waals surface area contributed by atoms with Gasteiger partial charge in [-0.05, 0) is 20.8 Å². The summed E-state index contributed by atoms with van der Waals surface area (Å²) in [5.74, 6) is -1.16. The van der Waals surface area contributed by atoms with E-state index >= 15 is 0 Å². The molecule has 0 fully saturated rings. The molecule has 1 heterocycles. The molecule has 2 N–H and O–H groups in total. The number of amides is 1. The molecule has 0 aliphatic carbocycles. The first-order valence-corrected chi connectivity index (χ1v) is 6.75. The van der Waals surface area contributed by atoms with E-state index in [-0.39, 0.29) is 11.6 Å². The number of carbonyl (C=O) groups excluding carboxylic acids is 1. The molecule has 1 unspecified atom stereocenters. The van der Waals surface area contributed by atoms with Crippen molar-refractivity contribution in [3.8, 4) is 0 Å². The van der Waals surface area contributed by atoms with Crippen molar-refractivity contribution in [2.24, 2.45) is 0 Å². The van der Waals surface area contributed by atoms with Crippen LogP contribution in [0.3, 0.4) is 0 Å². The lowest BCUT2D eigenvalue weighted by atomic mass is 10.2. The number of aromatic nitrogens is 1. The zero-order chi connectivity index (χ0) is 14.6. The van der Waals surface area contributed by atoms with Crippen LogP contribution in [0.1, 0.15) is 25.6 Å². The fraction of sp³-hybridized carbons (Fsp3) is 0.545. The summed E-state index contributed by atoms with van der Waals surface area (Å²) in [6.07, 6.45) is -0.710. The van der Waals surface area contributed by atoms with E-state index in [9.17, 15) is 9.59 Å². The quantitative estimate of drug-likeness (QED) is 0.891. The first kappa shape index (κ1) is 15.7. The van der Waals surface area contributed by atoms with Crippen molar-refractivity contribution in [3.05, 3.63) is 15.5 Å². The fourth-order valence-electron chi connectivity index (χ4n) is 1.22. The normalized spacial score (nSPS) is 12.8. The van der Waals surface area contributed by atoms with E-state index in [0.29, 0.717) is 4.88 Å². The average molecular weight is 307 g/mol. The maximum Gasteiger partial charge on any atom is 0.408 e. The Kier molecular flexibility index (Phi) is 5.13. The second-order valence-electron chi connectivity index (χ2n) is 4.81. The number of carbonyl (C=O) groups is 2. The van der Waals surface area contributed by atoms with E-state index in [1.807, 2.05) is 0 Å². The standard InChI is InChI=1S/C11H15ClN2O4S/c1-11(2,3)18-10(17)14-6(9(15)16)4-7-8(12)13-5-19-7/h5-6H,4H2,1-3H3,(H,14,17)(H,15,16). The minimum absolute atomic E-state index is 0.0675. The lowest BCUT2D eigenvalue weighted by Gasteiger charge is -2.21. The van der Waals surface area contributed by atoms with Crippen molar-refractivity contribution < 1.29 is 19.4 Å². The van der Waals surface area contributed by atoms with E-state index in [2.05, 4.69) is 10.3 Å². The number of alkyl carbamates (subject to hydrolysis) is 1. The Bertz CT molecular complexity index is 470. The van der Waals surface area contributed by atoms with Gasteiger partial charge in [-0.3, -0.25) is 0 Å². The Hall–Kier alpha value is -1.34. The molecule has 1 amide bonds. The number of nitrogens with zero attached hydrogens (tertiary/aromatic N) is 1. The number of ether oxygens (including phenoxy) is 1. The summed E-state index contributed by atoms with van der Waals surface area (Å²) in [5.41, 5.74) is 0.833. The number of hydrogen-bond donors (Lipinski definition) is 2. The maximum absolute atomic E-state index is 11.5. The smallest absolute Gasteiger partial charge is 0.408 e. The van der Waals surface area contributed by atoms with Gasteiger partial charge in [0.05, 0.1) is 5.51 Å². The molecule has 0 aliphatic heterocycles. The first-order chi connectivity index (χ1) is 8.69. The number of rotatable bonds is 4. The lowest BCUT2D eigenvalue weighted by Crippen LogP contribution is -2.44. The number of halogens is 1. The van der Waals surface area contributed by atoms with Crippen LogP contribution in [0, 0.1) is 0 Å². The third-order valence-electron chi connectivity index (χ3n) is 1.97. The first-order valence-electron chi connectivity index (χ1n) is 5.49. The van der Waals surface area contributed by atoms with E-state index in [1.165, 1.54) is 16.8 Å². The number of carboxylic acid groups (broad SMARTS) is 1. The minimum Gasteiger partial charge on any atom is -0.480 e. The minimum atomic E-state index is -1.16. The molecule has 0 saturated heterocycles. The van der Waals surface area contributed by atoms with Crippen molar-refractivity contribution in [1.29, 1.82) is 0 Å². The molecule has 0 aromatic carbocycles. The topological polar surface area (TPSA) is 88.5 Å². The summed E-state index contributed by atoms with van der Waals surface area (Å²) in [6.45, 7) is 5.09. The van der Waals surface area contributed by atoms with Gasteiger partial charge in [-0.25, -0.2) is 14.6 Å². The summed E-state index contributed by atoms with van der Waals surface area (Å²) in [6, 6.07) is -1.10. The molecule has 19 heavy (non-hydrogen) atoms. The molecule has 0 spiro atoms. The summed E-state index contributed by atoms with van der Waals surface area (Å²) in [4.78, 5) is 27.1. The zero-order valence-corrected chi connectivity index (χ0v) is 12.3. The highest BCUT2D eigenvalue weighted by Gasteiger charge is 2.25. The molecule has 0 bridgehead atoms. The van der Waals surface area contributed by atoms with Crippen molar-refractivity contribution in [2.45, 2.75) is 38.8 Å². The van der Waals surface area contributed by atoms with Gasteiger partial charge in [-0.1, -0.05) is 11.6 Å². The zero-order valence-electron chi connectivity index (χ0n) is 10.8. The molecule has 1 aromatic heterocycles. The van der Waals surface area contributed by atoms with Crippen LogP contribution in [-0.4, -0.2) is 33.8 Å². The van der Waals surface area contributed by atoms with Crippen LogP contribution in [0.5, 0.6) is 0 Å². The van der Waals surface area contributed by atoms with Gasteiger partial charge >= 0.3 is 12.1 Å². The second kappa shape index (κ2) is 6.21. The van der Waals surface area contributed by atoms with Crippen molar-refractivity contribution in [1.82, 2.24) is 10.3 Å². The highest BCUT2D eigenvalue weighted by Crippen LogP contribution is 2.20. The molecule has 6 nitrogen and oxygen atoms in total. The number of hydrogen-bond acceptors (Lipinski definition) is 5. The van der Waals surface area contributed by atoms with Crippen molar-refractivity contribution in [3.63, 3.8) is 0 Å². The summed E-state index contributed by atoms with van der Waals surface area (Å²) < 4.78 is 5.01. The monoisotopic (exact) mass is 306 g/mol. The predicted molar refractivity (Wildman–Crippen MR) is 71.6 cm³/mol. The van der Waals surface area contributed by atoms with Gasteiger partial charge in [0.1, 0.15) is 16.8 Å². The van der Waals surface area contributed by atoms with Gasteiger partial charge in [-0.15, -0.1) is 11.3 Å². The molecule has 0 radical (unpaired) electrons. The third-order valence-corrected chi connectivity index (χ3v) is 3.26. The molecule has 0 saturated carbocycles. The third kappa shape index (κ3) is 5.44. The van der Waals surface area contributed by atoms with Gasteiger partial charge in [0, 0.05) is 11.3 Å². The lowest BCUT2D eigenvalue weighted by molar-refractivity contribution is -0.139. The second-order valence-corrected chi connectivity index (χ2v) is 6.10. The molecular weight excluding hydrogens is 292 g/mol. The van der Waals surface area contributed by atoms with Gasteiger partial charge in [0.25, 0.3) is 0 Å². The van der Waals surface area contributed by atoms with Crippen LogP contribution < -0.4 is 5.32 Å². The van der Waals surface area contributed by atoms with Gasteiger partial charge < -0.3 is 15.2 Å². The van der Waals surface area contributed by atoms with Crippen molar-refractivity contribution >= 4 is 35.0 Å². The number of thiazole rings is 1. The highest BCUT2D eigenvalue weighted by molar-refractivity contribution is 7.10. The molecular formula is C11H15ClN2O4S. The van der Waals surface area contributed by atoms with Crippen LogP contribution in [0.2, 0.25) is 5.15 Å². The van der Waals surface area contributed by atoms with Crippen molar-refractivity contribution in [2.75, 3.05) is 0 Å². The Morgan fingerprint density at radius 1 is 1.58 bits per heavy atom. The predicted octanol–water partition coefficient (Wildman–Crippen LogP) is 2.32. The maximum atomic E-state index is 11.5.